The maximum absolute atomic E-state index is 9.32. The molecule has 0 aromatic heterocycles. The Morgan fingerprint density at radius 3 is 2.24 bits per heavy atom. The molecule has 1 aromatic carbocycles. The highest BCUT2D eigenvalue weighted by Gasteiger charge is 2.29. The summed E-state index contributed by atoms with van der Waals surface area (Å²) in [4.78, 5) is 0. The quantitative estimate of drug-likeness (QED) is 0.547. The van der Waals surface area contributed by atoms with E-state index in [1.165, 1.54) is 19.3 Å². The fraction of sp³-hybridized carbons (Fsp3) is 0.647. The van der Waals surface area contributed by atoms with E-state index in [0.717, 1.165) is 24.2 Å². The second-order valence-electron chi connectivity index (χ2n) is 5.68. The highest BCUT2D eigenvalue weighted by Crippen LogP contribution is 2.24. The molecule has 0 heterocycles. The monoisotopic (exact) mass is 296 g/mol. The van der Waals surface area contributed by atoms with E-state index in [1.54, 1.807) is 0 Å². The fourth-order valence-corrected chi connectivity index (χ4v) is 2.11. The predicted octanol–water partition coefficient (Wildman–Crippen LogP) is 2.15. The largest absolute Gasteiger partial charge is 0.492 e. The lowest BCUT2D eigenvalue weighted by molar-refractivity contribution is -0.0260. The van der Waals surface area contributed by atoms with Crippen LogP contribution < -0.4 is 4.74 Å². The summed E-state index contributed by atoms with van der Waals surface area (Å²) in [5.74, 6) is 0.772. The molecule has 4 heteroatoms. The van der Waals surface area contributed by atoms with Crippen molar-refractivity contribution in [2.45, 2.75) is 39.0 Å². The molecule has 0 bridgehead atoms. The van der Waals surface area contributed by atoms with Crippen molar-refractivity contribution in [2.75, 3.05) is 26.4 Å². The van der Waals surface area contributed by atoms with Crippen LogP contribution in [0.5, 0.6) is 5.75 Å². The van der Waals surface area contributed by atoms with E-state index in [2.05, 4.69) is 6.92 Å². The second kappa shape index (κ2) is 9.77. The lowest BCUT2D eigenvalue weighted by Gasteiger charge is -2.27. The second-order valence-corrected chi connectivity index (χ2v) is 5.68. The summed E-state index contributed by atoms with van der Waals surface area (Å²) in [6.07, 6.45) is 5.74. The Balaban J connectivity index is 2.61. The molecule has 0 unspecified atom stereocenters. The summed E-state index contributed by atoms with van der Waals surface area (Å²) in [7, 11) is 0. The third-order valence-corrected chi connectivity index (χ3v) is 3.81. The zero-order valence-corrected chi connectivity index (χ0v) is 12.9. The maximum Gasteiger partial charge on any atom is 0.122 e. The van der Waals surface area contributed by atoms with Gasteiger partial charge in [0.1, 0.15) is 12.4 Å². The standard InChI is InChI=1S/C17H28O4/c1-2-3-4-5-8-15-9-6-7-10-16(15)21-14-17(11-18,12-19)13-20/h6-7,9-10,18-20H,2-5,8,11-14H2,1H3. The normalized spacial score (nSPS) is 11.6. The SMILES string of the molecule is CCCCCCc1ccccc1OCC(CO)(CO)CO. The number of benzene rings is 1. The van der Waals surface area contributed by atoms with E-state index in [1.807, 2.05) is 24.3 Å². The molecule has 4 nitrogen and oxygen atoms in total. The molecule has 120 valence electrons. The van der Waals surface area contributed by atoms with Gasteiger partial charge in [0.25, 0.3) is 0 Å². The van der Waals surface area contributed by atoms with Crippen LogP contribution in [0.25, 0.3) is 0 Å². The van der Waals surface area contributed by atoms with Crippen molar-refractivity contribution in [2.24, 2.45) is 5.41 Å². The minimum absolute atomic E-state index is 0.0997. The summed E-state index contributed by atoms with van der Waals surface area (Å²) in [5.41, 5.74) is 0.145. The zero-order valence-electron chi connectivity index (χ0n) is 12.9. The smallest absolute Gasteiger partial charge is 0.122 e. The molecule has 0 spiro atoms. The average molecular weight is 296 g/mol. The highest BCUT2D eigenvalue weighted by atomic mass is 16.5. The Morgan fingerprint density at radius 1 is 0.952 bits per heavy atom. The third kappa shape index (κ3) is 5.65. The average Bonchev–Trinajstić information content (AvgIpc) is 2.54. The Labute approximate surface area is 127 Å². The van der Waals surface area contributed by atoms with Gasteiger partial charge < -0.3 is 20.1 Å². The molecule has 3 N–H and O–H groups in total. The first-order valence-electron chi connectivity index (χ1n) is 7.74. The highest BCUT2D eigenvalue weighted by molar-refractivity contribution is 5.33. The van der Waals surface area contributed by atoms with Gasteiger partial charge in [-0.25, -0.2) is 0 Å². The third-order valence-electron chi connectivity index (χ3n) is 3.81. The minimum atomic E-state index is -0.991. The Hall–Kier alpha value is -1.10. The van der Waals surface area contributed by atoms with E-state index < -0.39 is 5.41 Å². The molecule has 0 aliphatic carbocycles. The van der Waals surface area contributed by atoms with Crippen LogP contribution in [0.2, 0.25) is 0 Å². The van der Waals surface area contributed by atoms with E-state index in [-0.39, 0.29) is 26.4 Å². The van der Waals surface area contributed by atoms with Gasteiger partial charge in [0.2, 0.25) is 0 Å². The first-order valence-corrected chi connectivity index (χ1v) is 7.74. The van der Waals surface area contributed by atoms with Gasteiger partial charge in [0.05, 0.1) is 25.2 Å². The van der Waals surface area contributed by atoms with Gasteiger partial charge in [-0.1, -0.05) is 44.4 Å². The van der Waals surface area contributed by atoms with Crippen molar-refractivity contribution in [1.29, 1.82) is 0 Å². The summed E-state index contributed by atoms with van der Waals surface area (Å²) < 4.78 is 5.75. The molecule has 1 aromatic rings. The van der Waals surface area contributed by atoms with Crippen LogP contribution in [0.4, 0.5) is 0 Å². The van der Waals surface area contributed by atoms with E-state index in [9.17, 15) is 15.3 Å². The number of aryl methyl sites for hydroxylation is 1. The Morgan fingerprint density at radius 2 is 1.62 bits per heavy atom. The molecule has 0 aliphatic rings. The van der Waals surface area contributed by atoms with Gasteiger partial charge in [-0.3, -0.25) is 0 Å². The molecule has 0 atom stereocenters. The van der Waals surface area contributed by atoms with Crippen LogP contribution in [0.1, 0.15) is 38.2 Å². The number of aliphatic hydroxyl groups is 3. The summed E-state index contributed by atoms with van der Waals surface area (Å²) >= 11 is 0. The lowest BCUT2D eigenvalue weighted by Crippen LogP contribution is -2.39. The van der Waals surface area contributed by atoms with E-state index in [4.69, 9.17) is 4.74 Å². The van der Waals surface area contributed by atoms with Crippen LogP contribution in [0, 0.1) is 5.41 Å². The van der Waals surface area contributed by atoms with Crippen molar-refractivity contribution in [3.05, 3.63) is 29.8 Å². The molecular formula is C17H28O4. The maximum atomic E-state index is 9.32. The number of unbranched alkanes of at least 4 members (excludes halogenated alkanes) is 3. The van der Waals surface area contributed by atoms with Crippen LogP contribution in [0.3, 0.4) is 0 Å². The first-order chi connectivity index (χ1) is 10.2. The molecule has 0 fully saturated rings. The van der Waals surface area contributed by atoms with Crippen LogP contribution in [-0.2, 0) is 6.42 Å². The molecular weight excluding hydrogens is 268 g/mol. The van der Waals surface area contributed by atoms with Gasteiger partial charge in [-0.05, 0) is 24.5 Å². The zero-order chi connectivity index (χ0) is 15.6. The number of ether oxygens (including phenoxy) is 1. The number of rotatable bonds is 11. The van der Waals surface area contributed by atoms with Crippen molar-refractivity contribution >= 4 is 0 Å². The molecule has 0 amide bonds. The lowest BCUT2D eigenvalue weighted by atomic mass is 9.92. The minimum Gasteiger partial charge on any atom is -0.492 e. The summed E-state index contributed by atoms with van der Waals surface area (Å²) in [6.45, 7) is 1.37. The van der Waals surface area contributed by atoms with Gasteiger partial charge in [-0.15, -0.1) is 0 Å². The fourth-order valence-electron chi connectivity index (χ4n) is 2.11. The molecule has 1 rings (SSSR count). The number of hydrogen-bond donors (Lipinski definition) is 3. The summed E-state index contributed by atoms with van der Waals surface area (Å²) in [6, 6.07) is 7.83. The topological polar surface area (TPSA) is 69.9 Å². The number of para-hydroxylation sites is 1. The number of aliphatic hydroxyl groups excluding tert-OH is 3. The van der Waals surface area contributed by atoms with Crippen molar-refractivity contribution in [1.82, 2.24) is 0 Å². The van der Waals surface area contributed by atoms with Gasteiger partial charge >= 0.3 is 0 Å². The molecule has 0 aliphatic heterocycles. The van der Waals surface area contributed by atoms with Crippen LogP contribution in [0.15, 0.2) is 24.3 Å². The van der Waals surface area contributed by atoms with E-state index >= 15 is 0 Å². The molecule has 0 saturated carbocycles. The molecule has 21 heavy (non-hydrogen) atoms. The summed E-state index contributed by atoms with van der Waals surface area (Å²) in [5, 5.41) is 28.0. The van der Waals surface area contributed by atoms with Crippen LogP contribution in [-0.4, -0.2) is 41.7 Å². The van der Waals surface area contributed by atoms with Crippen molar-refractivity contribution in [3.8, 4) is 5.75 Å². The van der Waals surface area contributed by atoms with E-state index in [0.29, 0.717) is 0 Å². The van der Waals surface area contributed by atoms with Gasteiger partial charge in [0.15, 0.2) is 0 Å². The van der Waals surface area contributed by atoms with Crippen molar-refractivity contribution < 1.29 is 20.1 Å². The Kier molecular flexibility index (Phi) is 8.35. The van der Waals surface area contributed by atoms with Crippen molar-refractivity contribution in [3.63, 3.8) is 0 Å². The Bertz CT molecular complexity index is 380. The number of hydrogen-bond acceptors (Lipinski definition) is 4. The molecule has 0 saturated heterocycles. The van der Waals surface area contributed by atoms with Gasteiger partial charge in [-0.2, -0.15) is 0 Å². The predicted molar refractivity (Wildman–Crippen MR) is 83.5 cm³/mol. The van der Waals surface area contributed by atoms with Crippen LogP contribution >= 0.6 is 0 Å². The van der Waals surface area contributed by atoms with Gasteiger partial charge in [0, 0.05) is 0 Å². The first kappa shape index (κ1) is 18.0. The molecule has 0 radical (unpaired) electrons.